The molecule has 1 unspecified atom stereocenters. The molecule has 0 fully saturated rings. The number of hydrogen-bond acceptors (Lipinski definition) is 6. The summed E-state index contributed by atoms with van der Waals surface area (Å²) in [5.74, 6) is -1.15. The average molecular weight is 498 g/mol. The van der Waals surface area contributed by atoms with E-state index in [4.69, 9.17) is 28.9 Å². The maximum atomic E-state index is 12.8. The molecule has 1 heterocycles. The number of rotatable bonds is 8. The minimum absolute atomic E-state index is 0.0111. The molecule has 3 amide bonds. The van der Waals surface area contributed by atoms with E-state index in [-0.39, 0.29) is 17.5 Å². The molecule has 1 atom stereocenters. The summed E-state index contributed by atoms with van der Waals surface area (Å²) in [4.78, 5) is 38.0. The number of thiophene rings is 1. The van der Waals surface area contributed by atoms with Crippen LogP contribution in [0.25, 0.3) is 0 Å². The highest BCUT2D eigenvalue weighted by atomic mass is 35.5. The van der Waals surface area contributed by atoms with E-state index in [1.54, 1.807) is 38.1 Å². The van der Waals surface area contributed by atoms with E-state index >= 15 is 0 Å². The van der Waals surface area contributed by atoms with E-state index in [0.29, 0.717) is 31.2 Å². The SMILES string of the molecule is C/C(NNC(=O)c1ccc(C(=O)NC(C)C)s1)=C(/C(=O)Nc1ccc(Cl)c(Cl)c1)C(C)N. The van der Waals surface area contributed by atoms with Gasteiger partial charge in [0, 0.05) is 23.5 Å². The predicted molar refractivity (Wildman–Crippen MR) is 129 cm³/mol. The maximum Gasteiger partial charge on any atom is 0.279 e. The van der Waals surface area contributed by atoms with Gasteiger partial charge in [-0.3, -0.25) is 19.8 Å². The van der Waals surface area contributed by atoms with Crippen LogP contribution in [-0.4, -0.2) is 29.8 Å². The van der Waals surface area contributed by atoms with Crippen molar-refractivity contribution < 1.29 is 14.4 Å². The van der Waals surface area contributed by atoms with Crippen molar-refractivity contribution in [2.75, 3.05) is 5.32 Å². The quantitative estimate of drug-likeness (QED) is 0.281. The second-order valence-corrected chi connectivity index (χ2v) is 9.18. The number of carbonyl (C=O) groups excluding carboxylic acids is 3. The van der Waals surface area contributed by atoms with E-state index in [1.807, 2.05) is 13.8 Å². The van der Waals surface area contributed by atoms with Crippen LogP contribution in [0.3, 0.4) is 0 Å². The fourth-order valence-electron chi connectivity index (χ4n) is 2.69. The van der Waals surface area contributed by atoms with Gasteiger partial charge in [0.25, 0.3) is 17.7 Å². The monoisotopic (exact) mass is 497 g/mol. The number of nitrogens with one attached hydrogen (secondary N) is 4. The predicted octanol–water partition coefficient (Wildman–Crippen LogP) is 3.69. The Bertz CT molecular complexity index is 1050. The summed E-state index contributed by atoms with van der Waals surface area (Å²) in [5, 5.41) is 6.15. The normalized spacial score (nSPS) is 12.6. The highest BCUT2D eigenvalue weighted by molar-refractivity contribution is 7.15. The summed E-state index contributed by atoms with van der Waals surface area (Å²) in [6.45, 7) is 6.97. The molecular weight excluding hydrogens is 473 g/mol. The molecule has 1 aromatic heterocycles. The zero-order valence-corrected chi connectivity index (χ0v) is 20.3. The van der Waals surface area contributed by atoms with E-state index in [2.05, 4.69) is 21.5 Å². The number of anilines is 1. The Morgan fingerprint density at radius 2 is 1.56 bits per heavy atom. The molecule has 0 spiro atoms. The fraction of sp³-hybridized carbons (Fsp3) is 0.286. The van der Waals surface area contributed by atoms with Crippen molar-refractivity contribution in [3.63, 3.8) is 0 Å². The summed E-state index contributed by atoms with van der Waals surface area (Å²) in [6, 6.07) is 7.20. The van der Waals surface area contributed by atoms with Gasteiger partial charge >= 0.3 is 0 Å². The zero-order valence-electron chi connectivity index (χ0n) is 18.0. The Labute approximate surface area is 200 Å². The zero-order chi connectivity index (χ0) is 24.0. The number of carbonyl (C=O) groups is 3. The molecule has 0 radical (unpaired) electrons. The van der Waals surface area contributed by atoms with Crippen LogP contribution in [0.1, 0.15) is 47.0 Å². The Morgan fingerprint density at radius 3 is 2.12 bits per heavy atom. The summed E-state index contributed by atoms with van der Waals surface area (Å²) in [5.41, 5.74) is 12.3. The second-order valence-electron chi connectivity index (χ2n) is 7.28. The first-order valence-corrected chi connectivity index (χ1v) is 11.3. The minimum Gasteiger partial charge on any atom is -0.349 e. The number of amides is 3. The lowest BCUT2D eigenvalue weighted by Gasteiger charge is -2.17. The molecule has 172 valence electrons. The Hall–Kier alpha value is -2.59. The topological polar surface area (TPSA) is 125 Å². The van der Waals surface area contributed by atoms with Gasteiger partial charge < -0.3 is 21.8 Å². The van der Waals surface area contributed by atoms with Gasteiger partial charge in [0.2, 0.25) is 0 Å². The second kappa shape index (κ2) is 11.3. The van der Waals surface area contributed by atoms with Crippen LogP contribution in [0.15, 0.2) is 41.6 Å². The third kappa shape index (κ3) is 6.96. The molecule has 0 bridgehead atoms. The standard InChI is InChI=1S/C21H25Cl2N5O3S/c1-10(2)25-19(29)16-7-8-17(32-16)20(30)28-27-12(4)18(11(3)24)21(31)26-13-5-6-14(22)15(23)9-13/h5-11,27H,24H2,1-4H3,(H,25,29)(H,26,31)(H,28,30)/b18-12-. The van der Waals surface area contributed by atoms with Crippen molar-refractivity contribution in [3.8, 4) is 0 Å². The lowest BCUT2D eigenvalue weighted by atomic mass is 10.1. The van der Waals surface area contributed by atoms with Crippen LogP contribution < -0.4 is 27.2 Å². The average Bonchev–Trinajstić information content (AvgIpc) is 3.19. The molecule has 2 aromatic rings. The molecule has 11 heteroatoms. The molecular formula is C21H25Cl2N5O3S. The van der Waals surface area contributed by atoms with Gasteiger partial charge in [-0.2, -0.15) is 0 Å². The van der Waals surface area contributed by atoms with Crippen molar-refractivity contribution in [3.05, 3.63) is 61.4 Å². The van der Waals surface area contributed by atoms with E-state index in [1.165, 1.54) is 6.07 Å². The largest absolute Gasteiger partial charge is 0.349 e. The molecule has 6 N–H and O–H groups in total. The summed E-state index contributed by atoms with van der Waals surface area (Å²) in [6.07, 6.45) is 0. The van der Waals surface area contributed by atoms with Crippen LogP contribution in [0, 0.1) is 0 Å². The number of nitrogens with two attached hydrogens (primary N) is 1. The van der Waals surface area contributed by atoms with Crippen LogP contribution in [-0.2, 0) is 4.79 Å². The van der Waals surface area contributed by atoms with Gasteiger partial charge in [-0.1, -0.05) is 23.2 Å². The molecule has 32 heavy (non-hydrogen) atoms. The molecule has 0 aliphatic carbocycles. The van der Waals surface area contributed by atoms with Gasteiger partial charge in [-0.15, -0.1) is 11.3 Å². The number of hydrazine groups is 1. The smallest absolute Gasteiger partial charge is 0.279 e. The molecule has 2 rings (SSSR count). The summed E-state index contributed by atoms with van der Waals surface area (Å²) < 4.78 is 0. The van der Waals surface area contributed by atoms with Crippen molar-refractivity contribution in [1.82, 2.24) is 16.2 Å². The van der Waals surface area contributed by atoms with Gasteiger partial charge in [-0.25, -0.2) is 0 Å². The van der Waals surface area contributed by atoms with E-state index in [9.17, 15) is 14.4 Å². The number of hydrogen-bond donors (Lipinski definition) is 5. The van der Waals surface area contributed by atoms with E-state index in [0.717, 1.165) is 11.3 Å². The molecule has 0 aliphatic rings. The molecule has 1 aromatic carbocycles. The van der Waals surface area contributed by atoms with Crippen molar-refractivity contribution in [1.29, 1.82) is 0 Å². The highest BCUT2D eigenvalue weighted by Gasteiger charge is 2.19. The van der Waals surface area contributed by atoms with Crippen LogP contribution in [0.4, 0.5) is 5.69 Å². The first kappa shape index (κ1) is 25.7. The lowest BCUT2D eigenvalue weighted by molar-refractivity contribution is -0.113. The molecule has 0 saturated heterocycles. The third-order valence-electron chi connectivity index (χ3n) is 4.12. The van der Waals surface area contributed by atoms with Crippen LogP contribution >= 0.6 is 34.5 Å². The highest BCUT2D eigenvalue weighted by Crippen LogP contribution is 2.25. The van der Waals surface area contributed by atoms with Crippen LogP contribution in [0.5, 0.6) is 0 Å². The van der Waals surface area contributed by atoms with Gasteiger partial charge in [0.1, 0.15) is 0 Å². The molecule has 0 saturated carbocycles. The summed E-state index contributed by atoms with van der Waals surface area (Å²) in [7, 11) is 0. The van der Waals surface area contributed by atoms with Crippen molar-refractivity contribution in [2.24, 2.45) is 5.73 Å². The van der Waals surface area contributed by atoms with Crippen molar-refractivity contribution >= 4 is 57.9 Å². The van der Waals surface area contributed by atoms with Gasteiger partial charge in [0.05, 0.1) is 25.4 Å². The fourth-order valence-corrected chi connectivity index (χ4v) is 3.79. The summed E-state index contributed by atoms with van der Waals surface area (Å²) >= 11 is 12.9. The number of allylic oxidation sites excluding steroid dienone is 1. The van der Waals surface area contributed by atoms with Gasteiger partial charge in [-0.05, 0) is 58.0 Å². The maximum absolute atomic E-state index is 12.8. The van der Waals surface area contributed by atoms with E-state index < -0.39 is 17.9 Å². The minimum atomic E-state index is -0.629. The first-order valence-electron chi connectivity index (χ1n) is 9.69. The Morgan fingerprint density at radius 1 is 0.938 bits per heavy atom. The molecule has 8 nitrogen and oxygen atoms in total. The van der Waals surface area contributed by atoms with Crippen LogP contribution in [0.2, 0.25) is 10.0 Å². The number of halogens is 2. The number of benzene rings is 1. The lowest BCUT2D eigenvalue weighted by Crippen LogP contribution is -2.39. The van der Waals surface area contributed by atoms with Gasteiger partial charge in [0.15, 0.2) is 0 Å². The first-order chi connectivity index (χ1) is 15.0. The third-order valence-corrected chi connectivity index (χ3v) is 5.94. The Balaban J connectivity index is 2.08. The molecule has 0 aliphatic heterocycles. The van der Waals surface area contributed by atoms with Crippen molar-refractivity contribution in [2.45, 2.75) is 39.8 Å². The Kier molecular flexibility index (Phi) is 9.09.